The number of hydrogen-bond acceptors (Lipinski definition) is 7. The lowest BCUT2D eigenvalue weighted by Gasteiger charge is -2.16. The van der Waals surface area contributed by atoms with Gasteiger partial charge in [0.2, 0.25) is 5.95 Å². The number of allylic oxidation sites excluding steroid dienone is 3. The number of anilines is 1. The Bertz CT molecular complexity index is 1330. The minimum atomic E-state index is -1.25. The van der Waals surface area contributed by atoms with E-state index in [1.54, 1.807) is 6.20 Å². The Hall–Kier alpha value is -4.21. The largest absolute Gasteiger partial charge is 0.495 e. The first-order valence-corrected chi connectivity index (χ1v) is 10.7. The van der Waals surface area contributed by atoms with Crippen LogP contribution in [0.4, 0.5) is 10.3 Å². The summed E-state index contributed by atoms with van der Waals surface area (Å²) in [5.41, 5.74) is 3.07. The maximum absolute atomic E-state index is 13.2. The maximum atomic E-state index is 13.2. The van der Waals surface area contributed by atoms with Crippen LogP contribution < -0.4 is 10.1 Å². The molecule has 1 N–H and O–H groups in total. The van der Waals surface area contributed by atoms with Crippen LogP contribution in [0.15, 0.2) is 66.5 Å². The smallest absolute Gasteiger partial charge is 0.279 e. The number of halogens is 1. The lowest BCUT2D eigenvalue weighted by atomic mass is 10.0. The van der Waals surface area contributed by atoms with E-state index in [1.807, 2.05) is 25.1 Å². The Kier molecular flexibility index (Phi) is 6.58. The molecular formula is C24H24FN5O4. The first-order chi connectivity index (χ1) is 16.5. The topological polar surface area (TPSA) is 104 Å². The van der Waals surface area contributed by atoms with E-state index in [1.165, 1.54) is 13.2 Å². The molecule has 0 saturated heterocycles. The highest BCUT2D eigenvalue weighted by Gasteiger charge is 2.21. The molecule has 10 heteroatoms. The van der Waals surface area contributed by atoms with Crippen LogP contribution in [0.1, 0.15) is 12.5 Å². The summed E-state index contributed by atoms with van der Waals surface area (Å²) >= 11 is 0. The second kappa shape index (κ2) is 9.74. The van der Waals surface area contributed by atoms with Gasteiger partial charge in [0.05, 0.1) is 35.5 Å². The van der Waals surface area contributed by atoms with Crippen LogP contribution >= 0.6 is 0 Å². The lowest BCUT2D eigenvalue weighted by Crippen LogP contribution is -2.12. The zero-order valence-corrected chi connectivity index (χ0v) is 18.9. The number of methoxy groups -OCH3 is 1. The van der Waals surface area contributed by atoms with Crippen LogP contribution in [0.3, 0.4) is 0 Å². The van der Waals surface area contributed by atoms with Gasteiger partial charge in [0.15, 0.2) is 6.67 Å². The van der Waals surface area contributed by atoms with Gasteiger partial charge in [-0.25, -0.2) is 14.4 Å². The Morgan fingerprint density at radius 3 is 2.97 bits per heavy atom. The number of rotatable bonds is 9. The molecule has 0 saturated carbocycles. The van der Waals surface area contributed by atoms with Gasteiger partial charge in [-0.15, -0.1) is 0 Å². The molecule has 3 aromatic rings. The molecule has 0 atom stereocenters. The quantitative estimate of drug-likeness (QED) is 0.212. The van der Waals surface area contributed by atoms with Crippen molar-refractivity contribution in [2.75, 3.05) is 25.7 Å². The summed E-state index contributed by atoms with van der Waals surface area (Å²) in [5, 5.41) is 15.1. The van der Waals surface area contributed by atoms with Crippen LogP contribution in [0.25, 0.3) is 22.2 Å². The highest BCUT2D eigenvalue weighted by atomic mass is 19.1. The molecule has 0 unspecified atom stereocenters. The fourth-order valence-corrected chi connectivity index (χ4v) is 3.92. The lowest BCUT2D eigenvalue weighted by molar-refractivity contribution is -0.428. The van der Waals surface area contributed by atoms with E-state index in [4.69, 9.17) is 14.5 Å². The number of ether oxygens (including phenoxy) is 2. The molecule has 2 aromatic heterocycles. The van der Waals surface area contributed by atoms with Crippen molar-refractivity contribution in [2.24, 2.45) is 0 Å². The monoisotopic (exact) mass is 465 g/mol. The molecule has 0 amide bonds. The van der Waals surface area contributed by atoms with Crippen LogP contribution in [0.5, 0.6) is 5.75 Å². The highest BCUT2D eigenvalue weighted by Crippen LogP contribution is 2.38. The number of aryl methyl sites for hydroxylation is 1. The van der Waals surface area contributed by atoms with Crippen molar-refractivity contribution in [2.45, 2.75) is 19.9 Å². The first kappa shape index (κ1) is 23.0. The fraction of sp³-hybridized carbons (Fsp3) is 0.250. The molecule has 0 fully saturated rings. The molecule has 0 bridgehead atoms. The normalized spacial score (nSPS) is 13.8. The number of benzene rings is 1. The third-order valence-electron chi connectivity index (χ3n) is 5.55. The number of para-hydroxylation sites is 1. The summed E-state index contributed by atoms with van der Waals surface area (Å²) in [6.45, 7) is 5.73. The average Bonchev–Trinajstić information content (AvgIpc) is 3.23. The number of nitro groups is 1. The van der Waals surface area contributed by atoms with E-state index in [0.29, 0.717) is 13.0 Å². The van der Waals surface area contributed by atoms with E-state index >= 15 is 0 Å². The van der Waals surface area contributed by atoms with Gasteiger partial charge in [-0.05, 0) is 24.1 Å². The summed E-state index contributed by atoms with van der Waals surface area (Å²) in [5.74, 6) is 1.19. The number of hydrogen-bond donors (Lipinski definition) is 1. The zero-order chi connectivity index (χ0) is 24.2. The molecule has 0 aliphatic carbocycles. The Labute approximate surface area is 195 Å². The SMILES string of the molecule is C=C/C(OC)=C(\C=C(/CF)[N+](=O)[O-])Nc1ncc(CC)c(-c2cn3c4c(cccc24)OCC3)n1. The predicted molar refractivity (Wildman–Crippen MR) is 127 cm³/mol. The van der Waals surface area contributed by atoms with Crippen molar-refractivity contribution >= 4 is 16.9 Å². The third-order valence-corrected chi connectivity index (χ3v) is 5.55. The summed E-state index contributed by atoms with van der Waals surface area (Å²) in [6, 6.07) is 5.91. The molecule has 1 aliphatic heterocycles. The minimum absolute atomic E-state index is 0.119. The van der Waals surface area contributed by atoms with Gasteiger partial charge in [0, 0.05) is 29.4 Å². The minimum Gasteiger partial charge on any atom is -0.495 e. The molecule has 9 nitrogen and oxygen atoms in total. The molecule has 34 heavy (non-hydrogen) atoms. The van der Waals surface area contributed by atoms with E-state index in [9.17, 15) is 14.5 Å². The van der Waals surface area contributed by atoms with Crippen molar-refractivity contribution in [3.63, 3.8) is 0 Å². The van der Waals surface area contributed by atoms with E-state index in [-0.39, 0.29) is 17.4 Å². The second-order valence-corrected chi connectivity index (χ2v) is 7.50. The Balaban J connectivity index is 1.83. The van der Waals surface area contributed by atoms with Gasteiger partial charge in [-0.1, -0.05) is 25.6 Å². The average molecular weight is 465 g/mol. The van der Waals surface area contributed by atoms with Crippen molar-refractivity contribution in [3.05, 3.63) is 82.2 Å². The summed E-state index contributed by atoms with van der Waals surface area (Å²) < 4.78 is 26.4. The molecule has 4 rings (SSSR count). The van der Waals surface area contributed by atoms with Crippen LogP contribution in [-0.2, 0) is 17.7 Å². The van der Waals surface area contributed by atoms with E-state index in [0.717, 1.165) is 46.1 Å². The number of alkyl halides is 1. The standard InChI is InChI=1S/C24H24FN5O4/c1-4-15-13-26-24(27-19(20(5-2)33-3)11-16(12-25)30(31)32)28-22(15)18-14-29-9-10-34-21-8-6-7-17(18)23(21)29/h5-8,11,13-14H,2,4,9-10,12H2,1,3H3,(H,26,27,28)/b16-11+,20-19-. The molecule has 1 aliphatic rings. The molecule has 0 radical (unpaired) electrons. The van der Waals surface area contributed by atoms with Crippen LogP contribution in [-0.4, -0.2) is 39.8 Å². The zero-order valence-electron chi connectivity index (χ0n) is 18.9. The van der Waals surface area contributed by atoms with Gasteiger partial charge in [0.25, 0.3) is 5.70 Å². The summed E-state index contributed by atoms with van der Waals surface area (Å²) in [6.07, 6.45) is 6.87. The Morgan fingerprint density at radius 1 is 1.47 bits per heavy atom. The van der Waals surface area contributed by atoms with Gasteiger partial charge >= 0.3 is 0 Å². The fourth-order valence-electron chi connectivity index (χ4n) is 3.92. The van der Waals surface area contributed by atoms with E-state index < -0.39 is 17.3 Å². The predicted octanol–water partition coefficient (Wildman–Crippen LogP) is 4.64. The van der Waals surface area contributed by atoms with Crippen LogP contribution in [0.2, 0.25) is 0 Å². The second-order valence-electron chi connectivity index (χ2n) is 7.50. The number of nitrogens with zero attached hydrogens (tertiary/aromatic N) is 4. The number of nitrogens with one attached hydrogen (secondary N) is 1. The summed E-state index contributed by atoms with van der Waals surface area (Å²) in [4.78, 5) is 19.5. The van der Waals surface area contributed by atoms with Crippen molar-refractivity contribution in [3.8, 4) is 17.0 Å². The molecule has 3 heterocycles. The van der Waals surface area contributed by atoms with Gasteiger partial charge in [-0.3, -0.25) is 10.1 Å². The van der Waals surface area contributed by atoms with Crippen LogP contribution in [0, 0.1) is 10.1 Å². The maximum Gasteiger partial charge on any atom is 0.279 e. The van der Waals surface area contributed by atoms with Gasteiger partial charge in [0.1, 0.15) is 18.1 Å². The first-order valence-electron chi connectivity index (χ1n) is 10.7. The molecule has 1 aromatic carbocycles. The summed E-state index contributed by atoms with van der Waals surface area (Å²) in [7, 11) is 1.39. The van der Waals surface area contributed by atoms with Crippen molar-refractivity contribution < 1.29 is 18.8 Å². The molecule has 176 valence electrons. The van der Waals surface area contributed by atoms with Crippen molar-refractivity contribution in [1.29, 1.82) is 0 Å². The van der Waals surface area contributed by atoms with Gasteiger partial charge in [-0.2, -0.15) is 0 Å². The Morgan fingerprint density at radius 2 is 2.29 bits per heavy atom. The molecule has 0 spiro atoms. The third kappa shape index (κ3) is 4.21. The van der Waals surface area contributed by atoms with E-state index in [2.05, 4.69) is 27.6 Å². The number of aromatic nitrogens is 3. The highest BCUT2D eigenvalue weighted by molar-refractivity contribution is 5.99. The van der Waals surface area contributed by atoms with Crippen molar-refractivity contribution in [1.82, 2.24) is 14.5 Å². The molecular weight excluding hydrogens is 441 g/mol. The van der Waals surface area contributed by atoms with Gasteiger partial charge < -0.3 is 19.4 Å².